The highest BCUT2D eigenvalue weighted by Gasteiger charge is 2.12. The smallest absolute Gasteiger partial charge is 0.337 e. The van der Waals surface area contributed by atoms with Crippen molar-refractivity contribution in [3.05, 3.63) is 28.2 Å². The zero-order chi connectivity index (χ0) is 13.0. The van der Waals surface area contributed by atoms with Gasteiger partial charge in [0.1, 0.15) is 0 Å². The van der Waals surface area contributed by atoms with Gasteiger partial charge in [-0.1, -0.05) is 15.9 Å². The Kier molecular flexibility index (Phi) is 4.47. The maximum Gasteiger partial charge on any atom is 0.337 e. The first-order chi connectivity index (χ1) is 7.90. The van der Waals surface area contributed by atoms with Crippen LogP contribution in [-0.2, 0) is 0 Å². The van der Waals surface area contributed by atoms with Crippen molar-refractivity contribution in [2.45, 2.75) is 0 Å². The number of carbonyl (C=O) groups is 2. The van der Waals surface area contributed by atoms with Gasteiger partial charge in [0.05, 0.1) is 11.3 Å². The quantitative estimate of drug-likeness (QED) is 0.743. The van der Waals surface area contributed by atoms with E-state index in [9.17, 15) is 9.59 Å². The predicted molar refractivity (Wildman–Crippen MR) is 66.9 cm³/mol. The summed E-state index contributed by atoms with van der Waals surface area (Å²) in [6.07, 6.45) is 0. The second-order valence-electron chi connectivity index (χ2n) is 3.46. The van der Waals surface area contributed by atoms with E-state index in [-0.39, 0.29) is 11.3 Å². The fraction of sp³-hybridized carbons (Fsp3) is 0.200. The molecule has 0 radical (unpaired) electrons. The van der Waals surface area contributed by atoms with E-state index in [0.717, 1.165) is 0 Å². The van der Waals surface area contributed by atoms with Crippen LogP contribution in [0.2, 0.25) is 0 Å². The second-order valence-corrected chi connectivity index (χ2v) is 4.37. The molecular formula is C10H12BrN3O3. The number of aromatic carboxylic acids is 1. The molecule has 0 aromatic heterocycles. The summed E-state index contributed by atoms with van der Waals surface area (Å²) >= 11 is 3.17. The van der Waals surface area contributed by atoms with Crippen molar-refractivity contribution >= 4 is 33.6 Å². The van der Waals surface area contributed by atoms with Crippen LogP contribution in [0.1, 0.15) is 10.4 Å². The highest BCUT2D eigenvalue weighted by atomic mass is 79.9. The Hall–Kier alpha value is -1.60. The van der Waals surface area contributed by atoms with Crippen LogP contribution in [0.15, 0.2) is 22.7 Å². The summed E-state index contributed by atoms with van der Waals surface area (Å²) in [6, 6.07) is 4.09. The van der Waals surface area contributed by atoms with Gasteiger partial charge in [-0.3, -0.25) is 5.43 Å². The number of halogens is 1. The van der Waals surface area contributed by atoms with Gasteiger partial charge in [0.25, 0.3) is 0 Å². The van der Waals surface area contributed by atoms with Crippen LogP contribution in [-0.4, -0.2) is 36.2 Å². The van der Waals surface area contributed by atoms with Crippen molar-refractivity contribution in [2.24, 2.45) is 0 Å². The zero-order valence-corrected chi connectivity index (χ0v) is 10.9. The van der Waals surface area contributed by atoms with Gasteiger partial charge in [-0.25, -0.2) is 14.6 Å². The molecule has 1 aromatic carbocycles. The van der Waals surface area contributed by atoms with Crippen molar-refractivity contribution in [3.63, 3.8) is 0 Å². The van der Waals surface area contributed by atoms with Crippen LogP contribution < -0.4 is 10.7 Å². The van der Waals surface area contributed by atoms with Crippen LogP contribution in [0.3, 0.4) is 0 Å². The van der Waals surface area contributed by atoms with Crippen molar-refractivity contribution in [1.29, 1.82) is 0 Å². The minimum absolute atomic E-state index is 0.0216. The summed E-state index contributed by atoms with van der Waals surface area (Å²) in [4.78, 5) is 22.4. The van der Waals surface area contributed by atoms with Gasteiger partial charge in [-0.05, 0) is 18.2 Å². The summed E-state index contributed by atoms with van der Waals surface area (Å²) in [7, 11) is 3.30. The number of benzene rings is 1. The molecule has 0 bridgehead atoms. The number of carboxylic acid groups (broad SMARTS) is 1. The molecule has 0 aliphatic rings. The fourth-order valence-corrected chi connectivity index (χ4v) is 1.52. The van der Waals surface area contributed by atoms with E-state index in [1.54, 1.807) is 20.2 Å². The lowest BCUT2D eigenvalue weighted by molar-refractivity contribution is 0.0698. The van der Waals surface area contributed by atoms with Gasteiger partial charge in [-0.15, -0.1) is 0 Å². The Morgan fingerprint density at radius 2 is 2.00 bits per heavy atom. The first kappa shape index (κ1) is 13.5. The minimum Gasteiger partial charge on any atom is -0.478 e. The summed E-state index contributed by atoms with van der Waals surface area (Å²) in [6.45, 7) is 0. The molecule has 7 heteroatoms. The lowest BCUT2D eigenvalue weighted by atomic mass is 10.2. The van der Waals surface area contributed by atoms with Crippen LogP contribution in [0.4, 0.5) is 10.5 Å². The summed E-state index contributed by atoms with van der Waals surface area (Å²) < 4.78 is 0.633. The fourth-order valence-electron chi connectivity index (χ4n) is 1.16. The molecule has 0 fully saturated rings. The summed E-state index contributed by atoms with van der Waals surface area (Å²) in [5.74, 6) is -1.11. The maximum atomic E-state index is 11.4. The van der Waals surface area contributed by atoms with Gasteiger partial charge in [-0.2, -0.15) is 0 Å². The van der Waals surface area contributed by atoms with Crippen molar-refractivity contribution < 1.29 is 14.7 Å². The number of carboxylic acids is 1. The molecule has 0 unspecified atom stereocenters. The highest BCUT2D eigenvalue weighted by Crippen LogP contribution is 2.21. The molecule has 1 aromatic rings. The Morgan fingerprint density at radius 3 is 2.53 bits per heavy atom. The van der Waals surface area contributed by atoms with E-state index in [0.29, 0.717) is 4.47 Å². The number of hydrogen-bond acceptors (Lipinski definition) is 3. The number of urea groups is 1. The van der Waals surface area contributed by atoms with Crippen molar-refractivity contribution in [1.82, 2.24) is 10.4 Å². The van der Waals surface area contributed by atoms with Crippen LogP contribution in [0.5, 0.6) is 0 Å². The molecule has 0 spiro atoms. The number of hydrogen-bond donors (Lipinski definition) is 3. The van der Waals surface area contributed by atoms with E-state index in [2.05, 4.69) is 26.7 Å². The van der Waals surface area contributed by atoms with Gasteiger partial charge < -0.3 is 10.4 Å². The number of anilines is 1. The molecule has 0 aliphatic carbocycles. The molecular weight excluding hydrogens is 290 g/mol. The lowest BCUT2D eigenvalue weighted by Crippen LogP contribution is -2.39. The average Bonchev–Trinajstić information content (AvgIpc) is 2.19. The van der Waals surface area contributed by atoms with Crippen molar-refractivity contribution in [3.8, 4) is 0 Å². The van der Waals surface area contributed by atoms with E-state index in [1.807, 2.05) is 0 Å². The molecule has 0 aliphatic heterocycles. The summed E-state index contributed by atoms with van der Waals surface area (Å²) in [5, 5.41) is 12.9. The third-order valence-electron chi connectivity index (χ3n) is 1.79. The first-order valence-electron chi connectivity index (χ1n) is 4.68. The lowest BCUT2D eigenvalue weighted by Gasteiger charge is -2.14. The van der Waals surface area contributed by atoms with Crippen LogP contribution in [0.25, 0.3) is 0 Å². The standard InChI is InChI=1S/C10H12BrN3O3/c1-14(2)13-10(17)12-8-4-3-6(11)5-7(8)9(15)16/h3-5H,1-2H3,(H,15,16)(H2,12,13,17). The van der Waals surface area contributed by atoms with Gasteiger partial charge in [0.15, 0.2) is 0 Å². The Morgan fingerprint density at radius 1 is 1.35 bits per heavy atom. The molecule has 92 valence electrons. The Balaban J connectivity index is 2.91. The monoisotopic (exact) mass is 301 g/mol. The number of nitrogens with zero attached hydrogens (tertiary/aromatic N) is 1. The molecule has 2 amide bonds. The zero-order valence-electron chi connectivity index (χ0n) is 9.32. The third-order valence-corrected chi connectivity index (χ3v) is 2.28. The van der Waals surface area contributed by atoms with Crippen LogP contribution in [0, 0.1) is 0 Å². The second kappa shape index (κ2) is 5.65. The summed E-state index contributed by atoms with van der Waals surface area (Å²) in [5.41, 5.74) is 2.71. The minimum atomic E-state index is -1.11. The molecule has 0 heterocycles. The van der Waals surface area contributed by atoms with E-state index in [4.69, 9.17) is 5.11 Å². The Labute approximate surface area is 107 Å². The largest absolute Gasteiger partial charge is 0.478 e. The molecule has 0 atom stereocenters. The van der Waals surface area contributed by atoms with E-state index in [1.165, 1.54) is 17.1 Å². The first-order valence-corrected chi connectivity index (χ1v) is 5.47. The molecule has 0 saturated carbocycles. The maximum absolute atomic E-state index is 11.4. The molecule has 1 rings (SSSR count). The molecule has 0 saturated heterocycles. The van der Waals surface area contributed by atoms with Gasteiger partial charge in [0, 0.05) is 18.6 Å². The number of amides is 2. The average molecular weight is 302 g/mol. The highest BCUT2D eigenvalue weighted by molar-refractivity contribution is 9.10. The number of nitrogens with one attached hydrogen (secondary N) is 2. The van der Waals surface area contributed by atoms with Gasteiger partial charge >= 0.3 is 12.0 Å². The number of carbonyl (C=O) groups excluding carboxylic acids is 1. The molecule has 3 N–H and O–H groups in total. The normalized spacial score (nSPS) is 10.1. The number of hydrazine groups is 1. The van der Waals surface area contributed by atoms with Crippen LogP contribution >= 0.6 is 15.9 Å². The van der Waals surface area contributed by atoms with E-state index < -0.39 is 12.0 Å². The molecule has 6 nitrogen and oxygen atoms in total. The predicted octanol–water partition coefficient (Wildman–Crippen LogP) is 1.75. The molecule has 17 heavy (non-hydrogen) atoms. The third kappa shape index (κ3) is 4.04. The van der Waals surface area contributed by atoms with Crippen molar-refractivity contribution in [2.75, 3.05) is 19.4 Å². The number of rotatable bonds is 3. The topological polar surface area (TPSA) is 81.7 Å². The Bertz CT molecular complexity index is 448. The van der Waals surface area contributed by atoms with E-state index >= 15 is 0 Å². The SMILES string of the molecule is CN(C)NC(=O)Nc1ccc(Br)cc1C(=O)O. The van der Waals surface area contributed by atoms with Gasteiger partial charge in [0.2, 0.25) is 0 Å².